The molecule has 1 aliphatic heterocycles. The summed E-state index contributed by atoms with van der Waals surface area (Å²) in [6.07, 6.45) is 0.0958. The Hall–Kier alpha value is -3.03. The van der Waals surface area contributed by atoms with Gasteiger partial charge >= 0.3 is 12.2 Å². The molecule has 0 saturated carbocycles. The monoisotopic (exact) mass is 404 g/mol. The van der Waals surface area contributed by atoms with Gasteiger partial charge in [-0.3, -0.25) is 10.1 Å². The van der Waals surface area contributed by atoms with Gasteiger partial charge in [0.05, 0.1) is 19.3 Å². The minimum Gasteiger partial charge on any atom is -0.495 e. The van der Waals surface area contributed by atoms with E-state index in [-0.39, 0.29) is 6.54 Å². The number of anilines is 1. The third-order valence-corrected chi connectivity index (χ3v) is 3.71. The number of hydrogen-bond acceptors (Lipinski definition) is 6. The highest BCUT2D eigenvalue weighted by Crippen LogP contribution is 2.31. The highest BCUT2D eigenvalue weighted by molar-refractivity contribution is 6.08. The van der Waals surface area contributed by atoms with E-state index in [0.717, 1.165) is 4.90 Å². The maximum atomic E-state index is 12.2. The first kappa shape index (κ1) is 22.3. The Kier molecular flexibility index (Phi) is 6.25. The molecule has 0 bridgehead atoms. The van der Waals surface area contributed by atoms with E-state index < -0.39 is 29.3 Å². The van der Waals surface area contributed by atoms with Crippen LogP contribution in [-0.2, 0) is 14.3 Å². The summed E-state index contributed by atoms with van der Waals surface area (Å²) >= 11 is 0. The first-order valence-corrected chi connectivity index (χ1v) is 9.22. The van der Waals surface area contributed by atoms with Gasteiger partial charge in [0.25, 0.3) is 5.91 Å². The van der Waals surface area contributed by atoms with Crippen LogP contribution < -0.4 is 10.1 Å². The fraction of sp³-hybridized carbons (Fsp3) is 0.476. The van der Waals surface area contributed by atoms with Gasteiger partial charge in [0.1, 0.15) is 17.0 Å². The Morgan fingerprint density at radius 3 is 2.21 bits per heavy atom. The van der Waals surface area contributed by atoms with E-state index in [0.29, 0.717) is 22.6 Å². The van der Waals surface area contributed by atoms with Crippen LogP contribution in [0.3, 0.4) is 0 Å². The smallest absolute Gasteiger partial charge is 0.417 e. The minimum atomic E-state index is -0.696. The highest BCUT2D eigenvalue weighted by atomic mass is 16.6. The molecule has 0 radical (unpaired) electrons. The van der Waals surface area contributed by atoms with Gasteiger partial charge in [-0.15, -0.1) is 0 Å². The molecule has 29 heavy (non-hydrogen) atoms. The van der Waals surface area contributed by atoms with Crippen molar-refractivity contribution in [1.29, 1.82) is 0 Å². The Balaban J connectivity index is 2.16. The van der Waals surface area contributed by atoms with Crippen molar-refractivity contribution in [3.05, 3.63) is 29.8 Å². The second-order valence-electron chi connectivity index (χ2n) is 8.62. The van der Waals surface area contributed by atoms with E-state index in [1.165, 1.54) is 13.2 Å². The lowest BCUT2D eigenvalue weighted by Crippen LogP contribution is -2.38. The topological polar surface area (TPSA) is 94.2 Å². The number of nitrogens with zero attached hydrogens (tertiary/aromatic N) is 1. The molecule has 0 unspecified atom stereocenters. The first-order valence-electron chi connectivity index (χ1n) is 9.22. The van der Waals surface area contributed by atoms with Crippen molar-refractivity contribution in [2.75, 3.05) is 19.0 Å². The number of imide groups is 1. The fourth-order valence-corrected chi connectivity index (χ4v) is 2.57. The van der Waals surface area contributed by atoms with Crippen LogP contribution in [0.2, 0.25) is 0 Å². The molecule has 158 valence electrons. The molecule has 1 aromatic carbocycles. The summed E-state index contributed by atoms with van der Waals surface area (Å²) in [5.41, 5.74) is 0.439. The van der Waals surface area contributed by atoms with Gasteiger partial charge in [-0.25, -0.2) is 14.5 Å². The Morgan fingerprint density at radius 1 is 1.03 bits per heavy atom. The van der Waals surface area contributed by atoms with Crippen molar-refractivity contribution in [1.82, 2.24) is 4.90 Å². The standard InChI is InChI=1S/C21H28N2O6/c1-20(2,3)28-18(25)22-15-9-8-13(10-16(15)27-7)14-11-17(24)23(12-14)19(26)29-21(4,5)6/h8-11H,12H2,1-7H3,(H,22,25). The number of amides is 3. The zero-order valence-electron chi connectivity index (χ0n) is 17.9. The summed E-state index contributed by atoms with van der Waals surface area (Å²) in [4.78, 5) is 37.5. The maximum Gasteiger partial charge on any atom is 0.417 e. The predicted molar refractivity (Wildman–Crippen MR) is 109 cm³/mol. The average molecular weight is 404 g/mol. The minimum absolute atomic E-state index is 0.0930. The second-order valence-corrected chi connectivity index (χ2v) is 8.62. The quantitative estimate of drug-likeness (QED) is 0.811. The molecule has 0 atom stereocenters. The van der Waals surface area contributed by atoms with Gasteiger partial charge in [0.15, 0.2) is 0 Å². The lowest BCUT2D eigenvalue weighted by molar-refractivity contribution is -0.123. The van der Waals surface area contributed by atoms with E-state index in [2.05, 4.69) is 5.32 Å². The molecule has 8 nitrogen and oxygen atoms in total. The van der Waals surface area contributed by atoms with Gasteiger partial charge in [0, 0.05) is 6.08 Å². The van der Waals surface area contributed by atoms with Crippen LogP contribution in [0.5, 0.6) is 5.75 Å². The molecule has 1 N–H and O–H groups in total. The number of rotatable bonds is 3. The van der Waals surface area contributed by atoms with Crippen molar-refractivity contribution in [3.63, 3.8) is 0 Å². The van der Waals surface area contributed by atoms with Crippen molar-refractivity contribution in [2.45, 2.75) is 52.7 Å². The SMILES string of the molecule is COc1cc(C2=CC(=O)N(C(=O)OC(C)(C)C)C2)ccc1NC(=O)OC(C)(C)C. The molecule has 1 heterocycles. The summed E-state index contributed by atoms with van der Waals surface area (Å²) in [5, 5.41) is 2.64. The van der Waals surface area contributed by atoms with Gasteiger partial charge < -0.3 is 14.2 Å². The van der Waals surface area contributed by atoms with Gasteiger partial charge in [-0.05, 0) is 64.8 Å². The molecular weight excluding hydrogens is 376 g/mol. The van der Waals surface area contributed by atoms with Crippen molar-refractivity contribution < 1.29 is 28.6 Å². The van der Waals surface area contributed by atoms with Crippen LogP contribution in [0.1, 0.15) is 47.1 Å². The van der Waals surface area contributed by atoms with Crippen LogP contribution in [-0.4, -0.2) is 47.9 Å². The number of nitrogens with one attached hydrogen (secondary N) is 1. The number of hydrogen-bond donors (Lipinski definition) is 1. The van der Waals surface area contributed by atoms with Gasteiger partial charge in [0.2, 0.25) is 0 Å². The van der Waals surface area contributed by atoms with Gasteiger partial charge in [-0.2, -0.15) is 0 Å². The lowest BCUT2D eigenvalue weighted by atomic mass is 10.1. The normalized spacial score (nSPS) is 14.4. The first-order chi connectivity index (χ1) is 13.3. The molecule has 0 saturated heterocycles. The summed E-state index contributed by atoms with van der Waals surface area (Å²) in [7, 11) is 1.47. The van der Waals surface area contributed by atoms with E-state index in [1.54, 1.807) is 59.7 Å². The number of methoxy groups -OCH3 is 1. The van der Waals surface area contributed by atoms with Gasteiger partial charge in [-0.1, -0.05) is 6.07 Å². The third kappa shape index (κ3) is 6.23. The van der Waals surface area contributed by atoms with Crippen LogP contribution in [0, 0.1) is 0 Å². The third-order valence-electron chi connectivity index (χ3n) is 3.71. The van der Waals surface area contributed by atoms with E-state index in [4.69, 9.17) is 14.2 Å². The molecule has 0 aliphatic carbocycles. The zero-order valence-corrected chi connectivity index (χ0v) is 17.9. The summed E-state index contributed by atoms with van der Waals surface area (Å²) in [6.45, 7) is 10.6. The van der Waals surface area contributed by atoms with Crippen LogP contribution >= 0.6 is 0 Å². The van der Waals surface area contributed by atoms with Crippen molar-refractivity contribution in [2.24, 2.45) is 0 Å². The van der Waals surface area contributed by atoms with E-state index in [9.17, 15) is 14.4 Å². The molecule has 0 spiro atoms. The average Bonchev–Trinajstić information content (AvgIpc) is 2.93. The van der Waals surface area contributed by atoms with Crippen LogP contribution in [0.25, 0.3) is 5.57 Å². The number of ether oxygens (including phenoxy) is 3. The molecule has 2 rings (SSSR count). The number of carbonyl (C=O) groups is 3. The van der Waals surface area contributed by atoms with E-state index in [1.807, 2.05) is 0 Å². The summed E-state index contributed by atoms with van der Waals surface area (Å²) in [5.74, 6) is -0.0402. The molecule has 3 amide bonds. The summed E-state index contributed by atoms with van der Waals surface area (Å²) in [6, 6.07) is 5.07. The Bertz CT molecular complexity index is 846. The maximum absolute atomic E-state index is 12.2. The fourth-order valence-electron chi connectivity index (χ4n) is 2.57. The second kappa shape index (κ2) is 8.14. The Morgan fingerprint density at radius 2 is 1.66 bits per heavy atom. The molecule has 8 heteroatoms. The molecular formula is C21H28N2O6. The largest absolute Gasteiger partial charge is 0.495 e. The van der Waals surface area contributed by atoms with E-state index >= 15 is 0 Å². The van der Waals surface area contributed by atoms with Crippen molar-refractivity contribution >= 4 is 29.4 Å². The molecule has 1 aromatic rings. The summed E-state index contributed by atoms with van der Waals surface area (Å²) < 4.78 is 15.9. The highest BCUT2D eigenvalue weighted by Gasteiger charge is 2.32. The molecule has 1 aliphatic rings. The predicted octanol–water partition coefficient (Wildman–Crippen LogP) is 4.20. The van der Waals surface area contributed by atoms with Crippen molar-refractivity contribution in [3.8, 4) is 5.75 Å². The number of benzene rings is 1. The number of carbonyl (C=O) groups excluding carboxylic acids is 3. The molecule has 0 aromatic heterocycles. The zero-order chi connectivity index (χ0) is 22.0. The van der Waals surface area contributed by atoms with Crippen LogP contribution in [0.15, 0.2) is 24.3 Å². The molecule has 0 fully saturated rings. The van der Waals surface area contributed by atoms with Crippen LogP contribution in [0.4, 0.5) is 15.3 Å². The lowest BCUT2D eigenvalue weighted by Gasteiger charge is -2.23. The Labute approximate surface area is 170 Å².